The molecule has 0 spiro atoms. The number of rotatable bonds is 8. The summed E-state index contributed by atoms with van der Waals surface area (Å²) in [7, 11) is -3.78. The van der Waals surface area contributed by atoms with E-state index in [1.54, 1.807) is 12.1 Å². The average molecular weight is 519 g/mol. The van der Waals surface area contributed by atoms with Gasteiger partial charge in [-0.1, -0.05) is 15.9 Å². The van der Waals surface area contributed by atoms with Gasteiger partial charge in [-0.15, -0.1) is 0 Å². The molecule has 31 heavy (non-hydrogen) atoms. The SMILES string of the molecule is O=C(NCCCN1CCOCC1)C(=O)NC[C@@H]1OCCN1S(=O)(=O)c1ccc(Br)cc1. The van der Waals surface area contributed by atoms with Crippen LogP contribution in [0.4, 0.5) is 0 Å². The molecule has 2 aliphatic heterocycles. The van der Waals surface area contributed by atoms with Crippen molar-refractivity contribution in [3.8, 4) is 0 Å². The Morgan fingerprint density at radius 1 is 1.03 bits per heavy atom. The fraction of sp³-hybridized carbons (Fsp3) is 0.579. The maximum atomic E-state index is 12.9. The van der Waals surface area contributed by atoms with Gasteiger partial charge in [-0.2, -0.15) is 4.31 Å². The molecule has 0 bridgehead atoms. The predicted octanol–water partition coefficient (Wildman–Crippen LogP) is -0.249. The van der Waals surface area contributed by atoms with Crippen molar-refractivity contribution >= 4 is 37.8 Å². The summed E-state index contributed by atoms with van der Waals surface area (Å²) in [6.07, 6.45) is -0.143. The molecule has 3 rings (SSSR count). The Balaban J connectivity index is 1.43. The Morgan fingerprint density at radius 3 is 2.42 bits per heavy atom. The number of halogens is 1. The van der Waals surface area contributed by atoms with Crippen LogP contribution in [-0.4, -0.2) is 94.8 Å². The molecule has 172 valence electrons. The van der Waals surface area contributed by atoms with E-state index in [1.165, 1.54) is 16.4 Å². The van der Waals surface area contributed by atoms with Gasteiger partial charge in [-0.25, -0.2) is 8.42 Å². The van der Waals surface area contributed by atoms with E-state index in [0.29, 0.717) is 19.8 Å². The summed E-state index contributed by atoms with van der Waals surface area (Å²) in [5, 5.41) is 5.04. The van der Waals surface area contributed by atoms with Gasteiger partial charge in [0.25, 0.3) is 0 Å². The van der Waals surface area contributed by atoms with Crippen molar-refractivity contribution in [2.75, 3.05) is 59.1 Å². The van der Waals surface area contributed by atoms with Gasteiger partial charge in [-0.3, -0.25) is 14.5 Å². The molecule has 1 atom stereocenters. The molecule has 2 amide bonds. The number of sulfonamides is 1. The summed E-state index contributed by atoms with van der Waals surface area (Å²) < 4.78 is 38.4. The van der Waals surface area contributed by atoms with Crippen LogP contribution in [0.25, 0.3) is 0 Å². The van der Waals surface area contributed by atoms with Crippen LogP contribution in [0.2, 0.25) is 0 Å². The Bertz CT molecular complexity index is 861. The molecule has 10 nitrogen and oxygen atoms in total. The van der Waals surface area contributed by atoms with Crippen molar-refractivity contribution < 1.29 is 27.5 Å². The van der Waals surface area contributed by atoms with Crippen LogP contribution in [0.5, 0.6) is 0 Å². The van der Waals surface area contributed by atoms with Crippen LogP contribution in [0.15, 0.2) is 33.6 Å². The van der Waals surface area contributed by atoms with Gasteiger partial charge in [0, 0.05) is 30.7 Å². The smallest absolute Gasteiger partial charge is 0.309 e. The summed E-state index contributed by atoms with van der Waals surface area (Å²) in [6, 6.07) is 6.28. The fourth-order valence-corrected chi connectivity index (χ4v) is 5.13. The van der Waals surface area contributed by atoms with Crippen LogP contribution >= 0.6 is 15.9 Å². The molecular formula is C19H27BrN4O6S. The number of carbonyl (C=O) groups is 2. The largest absolute Gasteiger partial charge is 0.379 e. The van der Waals surface area contributed by atoms with Crippen LogP contribution in [0, 0.1) is 0 Å². The third-order valence-electron chi connectivity index (χ3n) is 5.05. The van der Waals surface area contributed by atoms with Gasteiger partial charge in [0.2, 0.25) is 10.0 Å². The summed E-state index contributed by atoms with van der Waals surface area (Å²) in [4.78, 5) is 26.5. The molecule has 0 aliphatic carbocycles. The number of hydrogen-bond donors (Lipinski definition) is 2. The monoisotopic (exact) mass is 518 g/mol. The highest BCUT2D eigenvalue weighted by Gasteiger charge is 2.36. The number of amides is 2. The van der Waals surface area contributed by atoms with E-state index in [4.69, 9.17) is 9.47 Å². The normalized spacial score (nSPS) is 20.5. The molecule has 0 radical (unpaired) electrons. The minimum atomic E-state index is -3.78. The summed E-state index contributed by atoms with van der Waals surface area (Å²) in [5.74, 6) is -1.56. The zero-order chi connectivity index (χ0) is 22.3. The lowest BCUT2D eigenvalue weighted by Gasteiger charge is -2.26. The number of ether oxygens (including phenoxy) is 2. The molecule has 2 fully saturated rings. The highest BCUT2D eigenvalue weighted by Crippen LogP contribution is 2.23. The van der Waals surface area contributed by atoms with Crippen molar-refractivity contribution in [3.63, 3.8) is 0 Å². The first-order chi connectivity index (χ1) is 14.9. The molecule has 2 heterocycles. The third kappa shape index (κ3) is 6.70. The lowest BCUT2D eigenvalue weighted by molar-refractivity contribution is -0.139. The van der Waals surface area contributed by atoms with E-state index in [1.807, 2.05) is 0 Å². The highest BCUT2D eigenvalue weighted by molar-refractivity contribution is 9.10. The van der Waals surface area contributed by atoms with Crippen LogP contribution in [-0.2, 0) is 29.1 Å². The second-order valence-electron chi connectivity index (χ2n) is 7.17. The first kappa shape index (κ1) is 24.1. The molecule has 12 heteroatoms. The molecular weight excluding hydrogens is 492 g/mol. The molecule has 2 aliphatic rings. The van der Waals surface area contributed by atoms with Crippen molar-refractivity contribution in [2.45, 2.75) is 17.5 Å². The molecule has 0 saturated carbocycles. The van der Waals surface area contributed by atoms with Crippen molar-refractivity contribution in [2.24, 2.45) is 0 Å². The van der Waals surface area contributed by atoms with Crippen molar-refractivity contribution in [3.05, 3.63) is 28.7 Å². The standard InChI is InChI=1S/C19H27BrN4O6S/c20-15-2-4-16(5-3-15)31(27,28)24-10-13-30-17(24)14-22-19(26)18(25)21-6-1-7-23-8-11-29-12-9-23/h2-5,17H,1,6-14H2,(H,21,25)(H,22,26)/t17-/m0/s1. The zero-order valence-corrected chi connectivity index (χ0v) is 19.5. The van der Waals surface area contributed by atoms with Crippen LogP contribution in [0.3, 0.4) is 0 Å². The van der Waals surface area contributed by atoms with Gasteiger partial charge in [-0.05, 0) is 37.2 Å². The van der Waals surface area contributed by atoms with E-state index in [-0.39, 0.29) is 24.6 Å². The number of nitrogens with zero attached hydrogens (tertiary/aromatic N) is 2. The molecule has 2 N–H and O–H groups in total. The number of hydrogen-bond acceptors (Lipinski definition) is 7. The Labute approximate surface area is 190 Å². The Kier molecular flexibility index (Phi) is 8.81. The van der Waals surface area contributed by atoms with Gasteiger partial charge in [0.15, 0.2) is 0 Å². The number of morpholine rings is 1. The lowest BCUT2D eigenvalue weighted by atomic mass is 10.3. The van der Waals surface area contributed by atoms with Crippen LogP contribution < -0.4 is 10.6 Å². The molecule has 0 unspecified atom stereocenters. The maximum Gasteiger partial charge on any atom is 0.309 e. The van der Waals surface area contributed by atoms with Crippen LogP contribution in [0.1, 0.15) is 6.42 Å². The minimum Gasteiger partial charge on any atom is -0.379 e. The summed E-state index contributed by atoms with van der Waals surface area (Å²) in [6.45, 7) is 4.65. The zero-order valence-electron chi connectivity index (χ0n) is 17.1. The number of nitrogens with one attached hydrogen (secondary N) is 2. The topological polar surface area (TPSA) is 117 Å². The maximum absolute atomic E-state index is 12.9. The molecule has 0 aromatic heterocycles. The Hall–Kier alpha value is -1.57. The van der Waals surface area contributed by atoms with Gasteiger partial charge >= 0.3 is 11.8 Å². The van der Waals surface area contributed by atoms with Crippen molar-refractivity contribution in [1.29, 1.82) is 0 Å². The average Bonchev–Trinajstić information content (AvgIpc) is 3.25. The number of carbonyl (C=O) groups excluding carboxylic acids is 2. The Morgan fingerprint density at radius 2 is 1.71 bits per heavy atom. The van der Waals surface area contributed by atoms with Crippen molar-refractivity contribution in [1.82, 2.24) is 19.8 Å². The second-order valence-corrected chi connectivity index (χ2v) is 9.97. The highest BCUT2D eigenvalue weighted by atomic mass is 79.9. The minimum absolute atomic E-state index is 0.115. The summed E-state index contributed by atoms with van der Waals surface area (Å²) >= 11 is 3.28. The van der Waals surface area contributed by atoms with E-state index in [9.17, 15) is 18.0 Å². The molecule has 2 saturated heterocycles. The first-order valence-corrected chi connectivity index (χ1v) is 12.4. The van der Waals surface area contributed by atoms with E-state index < -0.39 is 28.1 Å². The third-order valence-corrected chi connectivity index (χ3v) is 7.48. The van der Waals surface area contributed by atoms with E-state index in [0.717, 1.165) is 30.5 Å². The number of benzene rings is 1. The summed E-state index contributed by atoms with van der Waals surface area (Å²) in [5.41, 5.74) is 0. The first-order valence-electron chi connectivity index (χ1n) is 10.1. The van der Waals surface area contributed by atoms with Gasteiger partial charge < -0.3 is 20.1 Å². The fourth-order valence-electron chi connectivity index (χ4n) is 3.35. The molecule has 1 aromatic rings. The van der Waals surface area contributed by atoms with Gasteiger partial charge in [0.1, 0.15) is 6.23 Å². The van der Waals surface area contributed by atoms with E-state index in [2.05, 4.69) is 31.5 Å². The second kappa shape index (κ2) is 11.3. The molecule has 1 aromatic carbocycles. The lowest BCUT2D eigenvalue weighted by Crippen LogP contribution is -2.47. The quantitative estimate of drug-likeness (QED) is 0.360. The van der Waals surface area contributed by atoms with E-state index >= 15 is 0 Å². The van der Waals surface area contributed by atoms with Gasteiger partial charge in [0.05, 0.1) is 31.3 Å². The predicted molar refractivity (Wildman–Crippen MR) is 116 cm³/mol.